The van der Waals surface area contributed by atoms with Crippen molar-refractivity contribution in [2.24, 2.45) is 0 Å². The minimum absolute atomic E-state index is 0.0591. The Hall–Kier alpha value is -2.23. The van der Waals surface area contributed by atoms with E-state index in [0.717, 1.165) is 5.56 Å². The Morgan fingerprint density at radius 1 is 1.13 bits per heavy atom. The fraction of sp³-hybridized carbons (Fsp3) is 0. The van der Waals surface area contributed by atoms with Gasteiger partial charge >= 0.3 is 0 Å². The van der Waals surface area contributed by atoms with Gasteiger partial charge in [0, 0.05) is 23.9 Å². The number of pyridine rings is 1. The molecule has 0 aliphatic carbocycles. The van der Waals surface area contributed by atoms with Crippen molar-refractivity contribution in [3.8, 4) is 11.3 Å². The number of nitro groups is 1. The fourth-order valence-electron chi connectivity index (χ4n) is 1.30. The molecule has 0 N–H and O–H groups in total. The van der Waals surface area contributed by atoms with Crippen LogP contribution in [0.3, 0.4) is 0 Å². The van der Waals surface area contributed by atoms with Gasteiger partial charge < -0.3 is 0 Å². The summed E-state index contributed by atoms with van der Waals surface area (Å²) in [6, 6.07) is 12.2. The van der Waals surface area contributed by atoms with E-state index in [1.807, 2.05) is 30.3 Å². The summed E-state index contributed by atoms with van der Waals surface area (Å²) in [4.78, 5) is 14.2. The Labute approximate surface area is 86.4 Å². The molecule has 0 aliphatic heterocycles. The van der Waals surface area contributed by atoms with E-state index in [2.05, 4.69) is 4.98 Å². The van der Waals surface area contributed by atoms with Crippen LogP contribution in [0.5, 0.6) is 0 Å². The molecule has 0 amide bonds. The van der Waals surface area contributed by atoms with Gasteiger partial charge in [-0.3, -0.25) is 15.1 Å². The predicted octanol–water partition coefficient (Wildman–Crippen LogP) is 2.66. The van der Waals surface area contributed by atoms with Crippen LogP contribution in [0.4, 0.5) is 5.69 Å². The first-order valence-corrected chi connectivity index (χ1v) is 4.43. The van der Waals surface area contributed by atoms with E-state index in [0.29, 0.717) is 5.69 Å². The molecule has 0 unspecified atom stereocenters. The molecule has 1 aromatic heterocycles. The smallest absolute Gasteiger partial charge is 0.258 e. The first kappa shape index (κ1) is 9.33. The Bertz CT molecular complexity index is 483. The molecule has 1 aromatic carbocycles. The maximum Gasteiger partial charge on any atom is 0.273 e. The van der Waals surface area contributed by atoms with Crippen molar-refractivity contribution in [2.75, 3.05) is 0 Å². The molecule has 0 fully saturated rings. The zero-order valence-electron chi connectivity index (χ0n) is 7.83. The van der Waals surface area contributed by atoms with Gasteiger partial charge in [-0.1, -0.05) is 30.3 Å². The normalized spacial score (nSPS) is 9.87. The molecule has 2 rings (SSSR count). The van der Waals surface area contributed by atoms with Crippen molar-refractivity contribution in [1.82, 2.24) is 4.98 Å². The summed E-state index contributed by atoms with van der Waals surface area (Å²) < 4.78 is 0. The van der Waals surface area contributed by atoms with E-state index in [-0.39, 0.29) is 5.69 Å². The van der Waals surface area contributed by atoms with Gasteiger partial charge in [0.2, 0.25) is 0 Å². The third-order valence-electron chi connectivity index (χ3n) is 2.02. The molecule has 0 spiro atoms. The molecule has 0 bridgehead atoms. The van der Waals surface area contributed by atoms with E-state index in [4.69, 9.17) is 0 Å². The zero-order chi connectivity index (χ0) is 10.7. The van der Waals surface area contributed by atoms with Crippen LogP contribution in [-0.4, -0.2) is 9.91 Å². The monoisotopic (exact) mass is 200 g/mol. The van der Waals surface area contributed by atoms with Gasteiger partial charge in [-0.25, -0.2) is 0 Å². The number of rotatable bonds is 2. The molecule has 15 heavy (non-hydrogen) atoms. The Kier molecular flexibility index (Phi) is 2.41. The van der Waals surface area contributed by atoms with Crippen LogP contribution in [0.25, 0.3) is 11.3 Å². The highest BCUT2D eigenvalue weighted by Crippen LogP contribution is 2.20. The SMILES string of the molecule is O=[N+]([O-])c1ccnc(-c2ccccc2)c1. The first-order valence-electron chi connectivity index (χ1n) is 4.43. The molecule has 0 saturated heterocycles. The number of benzene rings is 1. The third-order valence-corrected chi connectivity index (χ3v) is 2.02. The van der Waals surface area contributed by atoms with Crippen LogP contribution in [0.2, 0.25) is 0 Å². The number of aromatic nitrogens is 1. The van der Waals surface area contributed by atoms with Crippen molar-refractivity contribution in [3.05, 3.63) is 58.8 Å². The Morgan fingerprint density at radius 3 is 2.53 bits per heavy atom. The lowest BCUT2D eigenvalue weighted by molar-refractivity contribution is -0.384. The summed E-state index contributed by atoms with van der Waals surface area (Å²) in [5.41, 5.74) is 1.55. The summed E-state index contributed by atoms with van der Waals surface area (Å²) in [5.74, 6) is 0. The molecule has 0 saturated carbocycles. The summed E-state index contributed by atoms with van der Waals surface area (Å²) in [6.07, 6.45) is 1.44. The predicted molar refractivity (Wildman–Crippen MR) is 56.3 cm³/mol. The van der Waals surface area contributed by atoms with Crippen LogP contribution in [-0.2, 0) is 0 Å². The van der Waals surface area contributed by atoms with Gasteiger partial charge in [-0.05, 0) is 0 Å². The number of hydrogen-bond donors (Lipinski definition) is 0. The highest BCUT2D eigenvalue weighted by atomic mass is 16.6. The summed E-state index contributed by atoms with van der Waals surface area (Å²) >= 11 is 0. The lowest BCUT2D eigenvalue weighted by Gasteiger charge is -1.99. The average molecular weight is 200 g/mol. The van der Waals surface area contributed by atoms with Crippen LogP contribution >= 0.6 is 0 Å². The van der Waals surface area contributed by atoms with Crippen molar-refractivity contribution >= 4 is 5.69 Å². The van der Waals surface area contributed by atoms with E-state index < -0.39 is 4.92 Å². The first-order chi connectivity index (χ1) is 7.27. The lowest BCUT2D eigenvalue weighted by atomic mass is 10.1. The van der Waals surface area contributed by atoms with Crippen LogP contribution in [0.15, 0.2) is 48.7 Å². The average Bonchev–Trinajstić information content (AvgIpc) is 2.30. The number of nitrogens with zero attached hydrogens (tertiary/aromatic N) is 2. The molecule has 0 radical (unpaired) electrons. The molecular weight excluding hydrogens is 192 g/mol. The van der Waals surface area contributed by atoms with Gasteiger partial charge in [-0.15, -0.1) is 0 Å². The van der Waals surface area contributed by atoms with Crippen LogP contribution in [0, 0.1) is 10.1 Å². The molecule has 4 nitrogen and oxygen atoms in total. The molecule has 0 aliphatic rings. The van der Waals surface area contributed by atoms with Gasteiger partial charge in [-0.2, -0.15) is 0 Å². The van der Waals surface area contributed by atoms with Crippen LogP contribution < -0.4 is 0 Å². The molecule has 2 aromatic rings. The molecule has 74 valence electrons. The second-order valence-electron chi connectivity index (χ2n) is 3.02. The van der Waals surface area contributed by atoms with Crippen molar-refractivity contribution in [3.63, 3.8) is 0 Å². The van der Waals surface area contributed by atoms with Gasteiger partial charge in [0.1, 0.15) is 0 Å². The maximum absolute atomic E-state index is 10.6. The van der Waals surface area contributed by atoms with E-state index in [1.165, 1.54) is 18.3 Å². The van der Waals surface area contributed by atoms with Gasteiger partial charge in [0.25, 0.3) is 5.69 Å². The topological polar surface area (TPSA) is 56.0 Å². The van der Waals surface area contributed by atoms with Crippen LogP contribution in [0.1, 0.15) is 0 Å². The molecule has 4 heteroatoms. The highest BCUT2D eigenvalue weighted by molar-refractivity contribution is 5.61. The Morgan fingerprint density at radius 2 is 1.87 bits per heavy atom. The Balaban J connectivity index is 2.46. The summed E-state index contributed by atoms with van der Waals surface area (Å²) in [6.45, 7) is 0. The second kappa shape index (κ2) is 3.88. The highest BCUT2D eigenvalue weighted by Gasteiger charge is 2.07. The van der Waals surface area contributed by atoms with Crippen molar-refractivity contribution in [2.45, 2.75) is 0 Å². The standard InChI is InChI=1S/C11H8N2O2/c14-13(15)10-6-7-12-11(8-10)9-4-2-1-3-5-9/h1-8H. The summed E-state index contributed by atoms with van der Waals surface area (Å²) in [5, 5.41) is 10.6. The fourth-order valence-corrected chi connectivity index (χ4v) is 1.30. The largest absolute Gasteiger partial charge is 0.273 e. The minimum atomic E-state index is -0.422. The van der Waals surface area contributed by atoms with Gasteiger partial charge in [0.15, 0.2) is 0 Å². The van der Waals surface area contributed by atoms with Crippen molar-refractivity contribution in [1.29, 1.82) is 0 Å². The third kappa shape index (κ3) is 1.99. The molecular formula is C11H8N2O2. The molecule has 0 atom stereocenters. The number of hydrogen-bond acceptors (Lipinski definition) is 3. The lowest BCUT2D eigenvalue weighted by Crippen LogP contribution is -1.90. The van der Waals surface area contributed by atoms with E-state index in [9.17, 15) is 10.1 Å². The summed E-state index contributed by atoms with van der Waals surface area (Å²) in [7, 11) is 0. The quantitative estimate of drug-likeness (QED) is 0.553. The minimum Gasteiger partial charge on any atom is -0.258 e. The molecule has 1 heterocycles. The van der Waals surface area contributed by atoms with E-state index >= 15 is 0 Å². The van der Waals surface area contributed by atoms with Crippen molar-refractivity contribution < 1.29 is 4.92 Å². The van der Waals surface area contributed by atoms with E-state index in [1.54, 1.807) is 0 Å². The zero-order valence-corrected chi connectivity index (χ0v) is 7.83. The second-order valence-corrected chi connectivity index (χ2v) is 3.02. The van der Waals surface area contributed by atoms with Gasteiger partial charge in [0.05, 0.1) is 10.6 Å². The maximum atomic E-state index is 10.6.